The highest BCUT2D eigenvalue weighted by molar-refractivity contribution is 7.07. The molecule has 0 radical (unpaired) electrons. The number of rotatable bonds is 5. The van der Waals surface area contributed by atoms with Crippen LogP contribution in [0.25, 0.3) is 0 Å². The molecule has 0 aliphatic heterocycles. The van der Waals surface area contributed by atoms with E-state index in [1.54, 1.807) is 11.3 Å². The molecule has 0 aromatic carbocycles. The Balaban J connectivity index is 2.57. The zero-order chi connectivity index (χ0) is 11.3. The summed E-state index contributed by atoms with van der Waals surface area (Å²) in [6.07, 6.45) is 0.754. The Bertz CT molecular complexity index is 300. The Hall–Kier alpha value is -0.910. The van der Waals surface area contributed by atoms with Gasteiger partial charge in [-0.2, -0.15) is 11.3 Å². The molecule has 1 aromatic heterocycles. The molecule has 1 amide bonds. The van der Waals surface area contributed by atoms with Gasteiger partial charge >= 0.3 is 0 Å². The average Bonchev–Trinajstić information content (AvgIpc) is 2.71. The number of hydrogen-bond donors (Lipinski definition) is 2. The van der Waals surface area contributed by atoms with E-state index in [0.29, 0.717) is 0 Å². The smallest absolute Gasteiger partial charge is 0.251 e. The maximum atomic E-state index is 11.4. The van der Waals surface area contributed by atoms with Crippen molar-refractivity contribution in [2.75, 3.05) is 7.05 Å². The van der Waals surface area contributed by atoms with Gasteiger partial charge < -0.3 is 0 Å². The molecule has 1 aromatic rings. The standard InChI is InChI=1S/C10H17N3OS/c1-3-9(10(14)12-11)13(2)6-8-4-5-15-7-8/h4-5,7,9H,3,6,11H2,1-2H3,(H,12,14). The molecule has 1 atom stereocenters. The Morgan fingerprint density at radius 1 is 1.73 bits per heavy atom. The molecular formula is C10H17N3OS. The summed E-state index contributed by atoms with van der Waals surface area (Å²) >= 11 is 1.66. The van der Waals surface area contributed by atoms with Gasteiger partial charge in [0, 0.05) is 6.54 Å². The van der Waals surface area contributed by atoms with Gasteiger partial charge in [-0.25, -0.2) is 5.84 Å². The van der Waals surface area contributed by atoms with Gasteiger partial charge in [0.05, 0.1) is 6.04 Å². The number of nitrogens with one attached hydrogen (secondary N) is 1. The van der Waals surface area contributed by atoms with E-state index in [-0.39, 0.29) is 11.9 Å². The summed E-state index contributed by atoms with van der Waals surface area (Å²) < 4.78 is 0. The quantitative estimate of drug-likeness (QED) is 0.447. The summed E-state index contributed by atoms with van der Waals surface area (Å²) in [5, 5.41) is 4.12. The first-order valence-corrected chi connectivity index (χ1v) is 5.85. The average molecular weight is 227 g/mol. The van der Waals surface area contributed by atoms with Gasteiger partial charge in [0.1, 0.15) is 0 Å². The van der Waals surface area contributed by atoms with E-state index in [4.69, 9.17) is 5.84 Å². The SMILES string of the molecule is CCC(C(=O)NN)N(C)Cc1ccsc1. The second-order valence-corrected chi connectivity index (χ2v) is 4.26. The predicted molar refractivity (Wildman–Crippen MR) is 62.2 cm³/mol. The van der Waals surface area contributed by atoms with Gasteiger partial charge in [0.2, 0.25) is 0 Å². The van der Waals surface area contributed by atoms with E-state index in [9.17, 15) is 4.79 Å². The number of carbonyl (C=O) groups excluding carboxylic acids is 1. The molecule has 1 unspecified atom stereocenters. The molecule has 15 heavy (non-hydrogen) atoms. The van der Waals surface area contributed by atoms with E-state index in [0.717, 1.165) is 13.0 Å². The van der Waals surface area contributed by atoms with Crippen LogP contribution in [0.5, 0.6) is 0 Å². The predicted octanol–water partition coefficient (Wildman–Crippen LogP) is 0.948. The number of likely N-dealkylation sites (N-methyl/N-ethyl adjacent to an activating group) is 1. The van der Waals surface area contributed by atoms with Crippen molar-refractivity contribution in [2.24, 2.45) is 5.84 Å². The molecular weight excluding hydrogens is 210 g/mol. The lowest BCUT2D eigenvalue weighted by Gasteiger charge is -2.24. The van der Waals surface area contributed by atoms with Crippen LogP contribution in [0.3, 0.4) is 0 Å². The number of carbonyl (C=O) groups is 1. The van der Waals surface area contributed by atoms with E-state index in [2.05, 4.69) is 16.9 Å². The molecule has 0 spiro atoms. The lowest BCUT2D eigenvalue weighted by molar-refractivity contribution is -0.126. The van der Waals surface area contributed by atoms with Gasteiger partial charge in [-0.1, -0.05) is 6.92 Å². The molecule has 0 aliphatic rings. The van der Waals surface area contributed by atoms with Crippen molar-refractivity contribution in [1.29, 1.82) is 0 Å². The summed E-state index contributed by atoms with van der Waals surface area (Å²) in [6.45, 7) is 2.75. The van der Waals surface area contributed by atoms with Crippen LogP contribution in [-0.4, -0.2) is 23.9 Å². The van der Waals surface area contributed by atoms with Gasteiger partial charge in [0.25, 0.3) is 5.91 Å². The summed E-state index contributed by atoms with van der Waals surface area (Å²) in [5.41, 5.74) is 3.43. The fraction of sp³-hybridized carbons (Fsp3) is 0.500. The third kappa shape index (κ3) is 3.30. The van der Waals surface area contributed by atoms with Crippen LogP contribution in [0.15, 0.2) is 16.8 Å². The van der Waals surface area contributed by atoms with Crippen molar-refractivity contribution < 1.29 is 4.79 Å². The normalized spacial score (nSPS) is 12.8. The van der Waals surface area contributed by atoms with Crippen molar-refractivity contribution in [3.63, 3.8) is 0 Å². The highest BCUT2D eigenvalue weighted by Crippen LogP contribution is 2.11. The van der Waals surface area contributed by atoms with Crippen molar-refractivity contribution in [2.45, 2.75) is 25.9 Å². The second kappa shape index (κ2) is 5.85. The number of hydrogen-bond acceptors (Lipinski definition) is 4. The molecule has 0 aliphatic carbocycles. The van der Waals surface area contributed by atoms with Gasteiger partial charge in [-0.15, -0.1) is 0 Å². The lowest BCUT2D eigenvalue weighted by atomic mass is 10.1. The molecule has 84 valence electrons. The maximum Gasteiger partial charge on any atom is 0.251 e. The number of thiophene rings is 1. The van der Waals surface area contributed by atoms with Crippen molar-refractivity contribution in [1.82, 2.24) is 10.3 Å². The Morgan fingerprint density at radius 2 is 2.47 bits per heavy atom. The van der Waals surface area contributed by atoms with Crippen LogP contribution in [0.1, 0.15) is 18.9 Å². The van der Waals surface area contributed by atoms with E-state index in [1.165, 1.54) is 5.56 Å². The van der Waals surface area contributed by atoms with Crippen molar-refractivity contribution in [3.05, 3.63) is 22.4 Å². The van der Waals surface area contributed by atoms with E-state index >= 15 is 0 Å². The fourth-order valence-electron chi connectivity index (χ4n) is 1.57. The molecule has 4 nitrogen and oxygen atoms in total. The summed E-state index contributed by atoms with van der Waals surface area (Å²) in [5.74, 6) is 5.01. The summed E-state index contributed by atoms with van der Waals surface area (Å²) in [4.78, 5) is 13.4. The molecule has 1 heterocycles. The largest absolute Gasteiger partial charge is 0.293 e. The van der Waals surface area contributed by atoms with Crippen molar-refractivity contribution in [3.8, 4) is 0 Å². The lowest BCUT2D eigenvalue weighted by Crippen LogP contribution is -2.46. The molecule has 0 saturated carbocycles. The zero-order valence-electron chi connectivity index (χ0n) is 9.06. The number of hydrazine groups is 1. The van der Waals surface area contributed by atoms with Gasteiger partial charge in [-0.05, 0) is 35.9 Å². The van der Waals surface area contributed by atoms with Crippen LogP contribution >= 0.6 is 11.3 Å². The Morgan fingerprint density at radius 3 is 2.93 bits per heavy atom. The van der Waals surface area contributed by atoms with Crippen LogP contribution in [0, 0.1) is 0 Å². The minimum atomic E-state index is -0.158. The first kappa shape index (κ1) is 12.2. The van der Waals surface area contributed by atoms with Crippen LogP contribution in [0.2, 0.25) is 0 Å². The van der Waals surface area contributed by atoms with Gasteiger partial charge in [-0.3, -0.25) is 15.1 Å². The van der Waals surface area contributed by atoms with Crippen LogP contribution < -0.4 is 11.3 Å². The van der Waals surface area contributed by atoms with Gasteiger partial charge in [0.15, 0.2) is 0 Å². The van der Waals surface area contributed by atoms with E-state index < -0.39 is 0 Å². The minimum absolute atomic E-state index is 0.129. The third-order valence-corrected chi connectivity index (χ3v) is 3.11. The monoisotopic (exact) mass is 227 g/mol. The topological polar surface area (TPSA) is 58.4 Å². The first-order chi connectivity index (χ1) is 7.19. The highest BCUT2D eigenvalue weighted by Gasteiger charge is 2.20. The molecule has 5 heteroatoms. The molecule has 0 fully saturated rings. The number of amides is 1. The minimum Gasteiger partial charge on any atom is -0.293 e. The molecule has 3 N–H and O–H groups in total. The summed E-state index contributed by atoms with van der Waals surface area (Å²) in [6, 6.07) is 1.91. The molecule has 0 saturated heterocycles. The first-order valence-electron chi connectivity index (χ1n) is 4.90. The van der Waals surface area contributed by atoms with E-state index in [1.807, 2.05) is 24.3 Å². The maximum absolute atomic E-state index is 11.4. The van der Waals surface area contributed by atoms with Crippen LogP contribution in [0.4, 0.5) is 0 Å². The zero-order valence-corrected chi connectivity index (χ0v) is 9.88. The fourth-order valence-corrected chi connectivity index (χ4v) is 2.23. The number of nitrogens with zero attached hydrogens (tertiary/aromatic N) is 1. The summed E-state index contributed by atoms with van der Waals surface area (Å²) in [7, 11) is 1.93. The second-order valence-electron chi connectivity index (χ2n) is 3.48. The molecule has 0 bridgehead atoms. The molecule has 1 rings (SSSR count). The Labute approximate surface area is 94.0 Å². The van der Waals surface area contributed by atoms with Crippen LogP contribution in [-0.2, 0) is 11.3 Å². The van der Waals surface area contributed by atoms with Crippen molar-refractivity contribution >= 4 is 17.2 Å². The number of nitrogens with two attached hydrogens (primary N) is 1. The third-order valence-electron chi connectivity index (χ3n) is 2.38. The highest BCUT2D eigenvalue weighted by atomic mass is 32.1. The Kier molecular flexibility index (Phi) is 4.74.